The summed E-state index contributed by atoms with van der Waals surface area (Å²) < 4.78 is 5.47. The zero-order chi connectivity index (χ0) is 23.6. The molecular formula is C26H28N2O5. The lowest BCUT2D eigenvalue weighted by Gasteiger charge is -2.21. The average Bonchev–Trinajstić information content (AvgIpc) is 3.29. The molecule has 2 N–H and O–H groups in total. The van der Waals surface area contributed by atoms with Gasteiger partial charge in [-0.1, -0.05) is 68.5 Å². The van der Waals surface area contributed by atoms with Crippen molar-refractivity contribution in [1.82, 2.24) is 10.2 Å². The van der Waals surface area contributed by atoms with E-state index in [1.807, 2.05) is 38.1 Å². The summed E-state index contributed by atoms with van der Waals surface area (Å²) in [7, 11) is 0. The topological polar surface area (TPSA) is 95.9 Å². The Bertz CT molecular complexity index is 1060. The van der Waals surface area contributed by atoms with Crippen LogP contribution in [0.25, 0.3) is 11.1 Å². The van der Waals surface area contributed by atoms with Crippen LogP contribution in [0.4, 0.5) is 4.79 Å². The molecule has 4 rings (SSSR count). The second-order valence-electron chi connectivity index (χ2n) is 9.21. The number of rotatable bonds is 6. The predicted molar refractivity (Wildman–Crippen MR) is 124 cm³/mol. The van der Waals surface area contributed by atoms with Crippen molar-refractivity contribution in [1.29, 1.82) is 0 Å². The van der Waals surface area contributed by atoms with Crippen LogP contribution in [0.3, 0.4) is 0 Å². The fourth-order valence-corrected chi connectivity index (χ4v) is 4.77. The maximum absolute atomic E-state index is 12.4. The van der Waals surface area contributed by atoms with E-state index in [1.54, 1.807) is 6.08 Å². The van der Waals surface area contributed by atoms with Gasteiger partial charge in [-0.25, -0.2) is 4.79 Å². The summed E-state index contributed by atoms with van der Waals surface area (Å²) >= 11 is 0. The number of aliphatic carboxylic acids is 1. The van der Waals surface area contributed by atoms with Crippen molar-refractivity contribution < 1.29 is 24.2 Å². The molecule has 7 heteroatoms. The van der Waals surface area contributed by atoms with Gasteiger partial charge in [0.1, 0.15) is 6.61 Å². The molecule has 1 atom stereocenters. The highest BCUT2D eigenvalue weighted by Gasteiger charge is 2.44. The van der Waals surface area contributed by atoms with Crippen LogP contribution in [0.15, 0.2) is 60.7 Å². The molecule has 7 nitrogen and oxygen atoms in total. The van der Waals surface area contributed by atoms with Crippen LogP contribution in [0.1, 0.15) is 30.9 Å². The van der Waals surface area contributed by atoms with Gasteiger partial charge in [-0.3, -0.25) is 9.59 Å². The molecule has 0 spiro atoms. The second-order valence-corrected chi connectivity index (χ2v) is 9.21. The Balaban J connectivity index is 1.27. The van der Waals surface area contributed by atoms with E-state index in [2.05, 4.69) is 29.6 Å². The zero-order valence-electron chi connectivity index (χ0n) is 18.8. The van der Waals surface area contributed by atoms with Gasteiger partial charge in [0, 0.05) is 31.6 Å². The number of fused-ring (bicyclic) bond motifs is 3. The maximum Gasteiger partial charge on any atom is 0.407 e. The summed E-state index contributed by atoms with van der Waals surface area (Å²) in [5.74, 6) is -1.76. The normalized spacial score (nSPS) is 18.7. The number of amides is 2. The Morgan fingerprint density at radius 3 is 2.27 bits per heavy atom. The van der Waals surface area contributed by atoms with Crippen molar-refractivity contribution in [2.75, 3.05) is 26.2 Å². The summed E-state index contributed by atoms with van der Waals surface area (Å²) in [6, 6.07) is 16.3. The Labute approximate surface area is 193 Å². The minimum Gasteiger partial charge on any atom is -0.481 e. The Morgan fingerprint density at radius 2 is 1.70 bits per heavy atom. The first-order chi connectivity index (χ1) is 15.8. The molecule has 2 aliphatic rings. The average molecular weight is 449 g/mol. The third kappa shape index (κ3) is 4.62. The fraction of sp³-hybridized carbons (Fsp3) is 0.346. The van der Waals surface area contributed by atoms with Gasteiger partial charge < -0.3 is 20.1 Å². The van der Waals surface area contributed by atoms with Crippen LogP contribution in [0, 0.1) is 11.3 Å². The number of hydrogen-bond donors (Lipinski definition) is 2. The number of benzene rings is 2. The van der Waals surface area contributed by atoms with Crippen LogP contribution < -0.4 is 5.32 Å². The van der Waals surface area contributed by atoms with Crippen LogP contribution in [-0.2, 0) is 14.3 Å². The summed E-state index contributed by atoms with van der Waals surface area (Å²) in [6.07, 6.45) is 2.36. The number of carbonyl (C=O) groups is 3. The van der Waals surface area contributed by atoms with E-state index in [4.69, 9.17) is 4.74 Å². The molecule has 172 valence electrons. The van der Waals surface area contributed by atoms with Crippen LogP contribution in [0.5, 0.6) is 0 Å². The quantitative estimate of drug-likeness (QED) is 0.658. The summed E-state index contributed by atoms with van der Waals surface area (Å²) in [4.78, 5) is 37.5. The molecule has 1 aliphatic heterocycles. The van der Waals surface area contributed by atoms with Crippen molar-refractivity contribution in [3.8, 4) is 11.1 Å². The lowest BCUT2D eigenvalue weighted by Crippen LogP contribution is -2.29. The van der Waals surface area contributed by atoms with E-state index in [9.17, 15) is 19.5 Å². The largest absolute Gasteiger partial charge is 0.481 e. The first kappa shape index (κ1) is 22.6. The molecule has 33 heavy (non-hydrogen) atoms. The van der Waals surface area contributed by atoms with Gasteiger partial charge in [0.15, 0.2) is 0 Å². The molecule has 1 aliphatic carbocycles. The van der Waals surface area contributed by atoms with Gasteiger partial charge in [0.05, 0.1) is 5.92 Å². The van der Waals surface area contributed by atoms with Crippen molar-refractivity contribution in [2.45, 2.75) is 19.8 Å². The molecular weight excluding hydrogens is 420 g/mol. The lowest BCUT2D eigenvalue weighted by molar-refractivity contribution is -0.144. The van der Waals surface area contributed by atoms with Gasteiger partial charge in [-0.2, -0.15) is 0 Å². The van der Waals surface area contributed by atoms with Gasteiger partial charge in [-0.05, 0) is 27.7 Å². The number of carboxylic acids is 1. The molecule has 0 aromatic heterocycles. The minimum absolute atomic E-state index is 0.0130. The highest BCUT2D eigenvalue weighted by atomic mass is 16.5. The maximum atomic E-state index is 12.4. The van der Waals surface area contributed by atoms with E-state index in [-0.39, 0.29) is 31.5 Å². The van der Waals surface area contributed by atoms with Crippen molar-refractivity contribution in [2.24, 2.45) is 11.3 Å². The van der Waals surface area contributed by atoms with E-state index < -0.39 is 23.4 Å². The Hall–Kier alpha value is -3.61. The monoisotopic (exact) mass is 448 g/mol. The highest BCUT2D eigenvalue weighted by molar-refractivity contribution is 5.89. The van der Waals surface area contributed by atoms with Gasteiger partial charge in [0.25, 0.3) is 0 Å². The smallest absolute Gasteiger partial charge is 0.407 e. The van der Waals surface area contributed by atoms with Crippen molar-refractivity contribution in [3.05, 3.63) is 71.8 Å². The van der Waals surface area contributed by atoms with E-state index in [0.29, 0.717) is 6.54 Å². The first-order valence-corrected chi connectivity index (χ1v) is 11.0. The standard InChI is InChI=1S/C26H28N2O5/c1-26(2)16-28(14-22(26)24(30)31)23(29)12-7-13-27-25(32)33-15-21-19-10-5-3-8-17(19)18-9-4-6-11-20(18)21/h3-12,21-22H,13-16H2,1-2H3,(H,27,32)(H,30,31)/b12-7+. The number of carbonyl (C=O) groups excluding carboxylic acids is 2. The Morgan fingerprint density at radius 1 is 1.09 bits per heavy atom. The molecule has 1 fully saturated rings. The first-order valence-electron chi connectivity index (χ1n) is 11.0. The molecule has 1 saturated heterocycles. The van der Waals surface area contributed by atoms with Gasteiger partial charge >= 0.3 is 12.1 Å². The number of alkyl carbamates (subject to hydrolysis) is 1. The Kier molecular flexibility index (Phi) is 6.22. The van der Waals surface area contributed by atoms with Crippen LogP contribution in [0.2, 0.25) is 0 Å². The number of nitrogens with zero attached hydrogens (tertiary/aromatic N) is 1. The molecule has 0 bridgehead atoms. The van der Waals surface area contributed by atoms with E-state index in [1.165, 1.54) is 22.1 Å². The van der Waals surface area contributed by atoms with Crippen LogP contribution in [-0.4, -0.2) is 54.2 Å². The second kappa shape index (κ2) is 9.10. The number of ether oxygens (including phenoxy) is 1. The molecule has 1 unspecified atom stereocenters. The molecule has 0 saturated carbocycles. The molecule has 2 amide bonds. The van der Waals surface area contributed by atoms with Crippen LogP contribution >= 0.6 is 0 Å². The van der Waals surface area contributed by atoms with Gasteiger partial charge in [-0.15, -0.1) is 0 Å². The lowest BCUT2D eigenvalue weighted by atomic mass is 9.82. The third-order valence-corrected chi connectivity index (χ3v) is 6.52. The van der Waals surface area contributed by atoms with Crippen molar-refractivity contribution >= 4 is 18.0 Å². The third-order valence-electron chi connectivity index (χ3n) is 6.52. The summed E-state index contributed by atoms with van der Waals surface area (Å²) in [5.41, 5.74) is 4.14. The van der Waals surface area contributed by atoms with Gasteiger partial charge in [0.2, 0.25) is 5.91 Å². The molecule has 0 radical (unpaired) electrons. The molecule has 2 aromatic carbocycles. The molecule has 1 heterocycles. The SMILES string of the molecule is CC1(C)CN(C(=O)/C=C/CNC(=O)OCC2c3ccccc3-c3ccccc32)CC1C(=O)O. The summed E-state index contributed by atoms with van der Waals surface area (Å²) in [6.45, 7) is 4.63. The highest BCUT2D eigenvalue weighted by Crippen LogP contribution is 2.44. The molecule has 2 aromatic rings. The number of hydrogen-bond acceptors (Lipinski definition) is 4. The zero-order valence-corrected chi connectivity index (χ0v) is 18.8. The van der Waals surface area contributed by atoms with E-state index in [0.717, 1.165) is 11.1 Å². The number of nitrogens with one attached hydrogen (secondary N) is 1. The number of likely N-dealkylation sites (tertiary alicyclic amines) is 1. The van der Waals surface area contributed by atoms with Crippen molar-refractivity contribution in [3.63, 3.8) is 0 Å². The summed E-state index contributed by atoms with van der Waals surface area (Å²) in [5, 5.41) is 12.0. The van der Waals surface area contributed by atoms with E-state index >= 15 is 0 Å². The number of carboxylic acid groups (broad SMARTS) is 1. The minimum atomic E-state index is -0.892. The fourth-order valence-electron chi connectivity index (χ4n) is 4.77. The predicted octanol–water partition coefficient (Wildman–Crippen LogP) is 3.65.